The van der Waals surface area contributed by atoms with Crippen molar-refractivity contribution >= 4 is 40.3 Å². The van der Waals surface area contributed by atoms with Crippen LogP contribution >= 0.6 is 23.2 Å². The fourth-order valence-electron chi connectivity index (χ4n) is 1.97. The molecule has 2 aromatic carbocycles. The van der Waals surface area contributed by atoms with Gasteiger partial charge in [0.1, 0.15) is 11.4 Å². The number of anilines is 1. The van der Waals surface area contributed by atoms with Gasteiger partial charge < -0.3 is 5.11 Å². The van der Waals surface area contributed by atoms with E-state index >= 15 is 0 Å². The van der Waals surface area contributed by atoms with E-state index in [1.165, 1.54) is 18.2 Å². The maximum Gasteiger partial charge on any atom is 0.294 e. The molecule has 23 heavy (non-hydrogen) atoms. The molecule has 0 spiro atoms. The first-order valence-electron chi connectivity index (χ1n) is 6.68. The number of rotatable bonds is 5. The van der Waals surface area contributed by atoms with E-state index in [2.05, 4.69) is 10.5 Å². The minimum absolute atomic E-state index is 0.0972. The number of nitrogens with zero attached hydrogens (tertiary/aromatic N) is 2. The number of nitro groups is 1. The van der Waals surface area contributed by atoms with Gasteiger partial charge in [-0.15, -0.1) is 0 Å². The Morgan fingerprint density at radius 1 is 1.35 bits per heavy atom. The van der Waals surface area contributed by atoms with Crippen LogP contribution in [0.1, 0.15) is 18.9 Å². The zero-order valence-electron chi connectivity index (χ0n) is 12.1. The molecule has 0 heterocycles. The van der Waals surface area contributed by atoms with E-state index in [0.717, 1.165) is 0 Å². The van der Waals surface area contributed by atoms with E-state index in [1.54, 1.807) is 18.2 Å². The van der Waals surface area contributed by atoms with Crippen LogP contribution in [0.5, 0.6) is 5.75 Å². The fourth-order valence-corrected chi connectivity index (χ4v) is 2.46. The largest absolute Gasteiger partial charge is 0.506 e. The topological polar surface area (TPSA) is 87.8 Å². The van der Waals surface area contributed by atoms with Crippen LogP contribution in [-0.4, -0.2) is 15.7 Å². The number of hydrazone groups is 1. The molecular formula is C15H13Cl2N3O3. The van der Waals surface area contributed by atoms with Crippen LogP contribution in [0.15, 0.2) is 41.5 Å². The number of para-hydroxylation sites is 2. The lowest BCUT2D eigenvalue weighted by atomic mass is 10.1. The highest BCUT2D eigenvalue weighted by molar-refractivity contribution is 6.36. The Hall–Kier alpha value is -2.31. The van der Waals surface area contributed by atoms with Gasteiger partial charge in [0.05, 0.1) is 15.7 Å². The number of benzene rings is 2. The molecule has 0 radical (unpaired) electrons. The summed E-state index contributed by atoms with van der Waals surface area (Å²) in [6.45, 7) is 1.83. The molecule has 0 saturated carbocycles. The first-order chi connectivity index (χ1) is 10.9. The lowest BCUT2D eigenvalue weighted by Crippen LogP contribution is -2.05. The molecule has 0 bridgehead atoms. The second kappa shape index (κ2) is 7.30. The number of phenolic OH excluding ortho intramolecular Hbond substituents is 1. The molecule has 2 aromatic rings. The number of aromatic hydroxyl groups is 1. The molecule has 120 valence electrons. The van der Waals surface area contributed by atoms with Gasteiger partial charge in [-0.2, -0.15) is 5.10 Å². The molecule has 0 aliphatic rings. The minimum atomic E-state index is -0.503. The van der Waals surface area contributed by atoms with Crippen LogP contribution in [-0.2, 0) is 0 Å². The Bertz CT molecular complexity index is 779. The third-order valence-corrected chi connectivity index (χ3v) is 3.59. The zero-order valence-corrected chi connectivity index (χ0v) is 13.6. The average Bonchev–Trinajstić information content (AvgIpc) is 2.52. The Kier molecular flexibility index (Phi) is 5.41. The summed E-state index contributed by atoms with van der Waals surface area (Å²) in [5, 5.41) is 25.7. The summed E-state index contributed by atoms with van der Waals surface area (Å²) >= 11 is 11.9. The van der Waals surface area contributed by atoms with E-state index in [1.807, 2.05) is 6.92 Å². The number of phenols is 1. The van der Waals surface area contributed by atoms with Crippen molar-refractivity contribution in [2.45, 2.75) is 13.3 Å². The van der Waals surface area contributed by atoms with Crippen LogP contribution in [0.2, 0.25) is 10.0 Å². The van der Waals surface area contributed by atoms with Crippen LogP contribution in [0.4, 0.5) is 11.4 Å². The van der Waals surface area contributed by atoms with Gasteiger partial charge >= 0.3 is 0 Å². The fraction of sp³-hybridized carbons (Fsp3) is 0.133. The van der Waals surface area contributed by atoms with Gasteiger partial charge in [0.25, 0.3) is 5.69 Å². The standard InChI is InChI=1S/C15H13Cl2N3O3/c1-2-12(10-7-9(16)8-11(17)15(10)21)18-19-13-5-3-4-6-14(13)20(22)23/h3-8,19,21H,2H2,1H3. The van der Waals surface area contributed by atoms with E-state index in [-0.39, 0.29) is 22.1 Å². The van der Waals surface area contributed by atoms with Crippen LogP contribution in [0.25, 0.3) is 0 Å². The van der Waals surface area contributed by atoms with Crippen molar-refractivity contribution in [3.05, 3.63) is 62.1 Å². The van der Waals surface area contributed by atoms with Crippen molar-refractivity contribution in [2.75, 3.05) is 5.43 Å². The molecule has 0 unspecified atom stereocenters. The summed E-state index contributed by atoms with van der Waals surface area (Å²) in [5.41, 5.74) is 3.64. The van der Waals surface area contributed by atoms with Crippen LogP contribution < -0.4 is 5.43 Å². The minimum Gasteiger partial charge on any atom is -0.506 e. The van der Waals surface area contributed by atoms with E-state index < -0.39 is 4.92 Å². The summed E-state index contributed by atoms with van der Waals surface area (Å²) in [6, 6.07) is 9.09. The SMILES string of the molecule is CCC(=NNc1ccccc1[N+](=O)[O-])c1cc(Cl)cc(Cl)c1O. The quantitative estimate of drug-likeness (QED) is 0.457. The van der Waals surface area contributed by atoms with Crippen LogP contribution in [0.3, 0.4) is 0 Å². The van der Waals surface area contributed by atoms with Crippen molar-refractivity contribution in [3.8, 4) is 5.75 Å². The maximum atomic E-state index is 11.0. The summed E-state index contributed by atoms with van der Waals surface area (Å²) in [6.07, 6.45) is 0.456. The van der Waals surface area contributed by atoms with Gasteiger partial charge in [0.15, 0.2) is 0 Å². The van der Waals surface area contributed by atoms with Crippen molar-refractivity contribution in [3.63, 3.8) is 0 Å². The Morgan fingerprint density at radius 3 is 2.70 bits per heavy atom. The summed E-state index contributed by atoms with van der Waals surface area (Å²) < 4.78 is 0. The first kappa shape index (κ1) is 17.1. The zero-order chi connectivity index (χ0) is 17.0. The Balaban J connectivity index is 2.40. The maximum absolute atomic E-state index is 11.0. The molecule has 0 atom stereocenters. The molecule has 8 heteroatoms. The molecule has 0 aromatic heterocycles. The smallest absolute Gasteiger partial charge is 0.294 e. The molecule has 2 N–H and O–H groups in total. The summed E-state index contributed by atoms with van der Waals surface area (Å²) in [4.78, 5) is 10.5. The lowest BCUT2D eigenvalue weighted by molar-refractivity contribution is -0.384. The van der Waals surface area contributed by atoms with Gasteiger partial charge in [0.2, 0.25) is 0 Å². The molecule has 6 nitrogen and oxygen atoms in total. The van der Waals surface area contributed by atoms with Gasteiger partial charge in [-0.3, -0.25) is 15.5 Å². The van der Waals surface area contributed by atoms with Gasteiger partial charge in [-0.05, 0) is 24.6 Å². The highest BCUT2D eigenvalue weighted by Crippen LogP contribution is 2.32. The van der Waals surface area contributed by atoms with Crippen molar-refractivity contribution < 1.29 is 10.0 Å². The van der Waals surface area contributed by atoms with Crippen molar-refractivity contribution in [2.24, 2.45) is 5.10 Å². The molecular weight excluding hydrogens is 341 g/mol. The van der Waals surface area contributed by atoms with E-state index in [0.29, 0.717) is 22.7 Å². The number of halogens is 2. The number of hydrogen-bond donors (Lipinski definition) is 2. The molecule has 2 rings (SSSR count). The third-order valence-electron chi connectivity index (χ3n) is 3.09. The molecule has 0 aliphatic heterocycles. The monoisotopic (exact) mass is 353 g/mol. The van der Waals surface area contributed by atoms with Crippen LogP contribution in [0, 0.1) is 10.1 Å². The summed E-state index contributed by atoms with van der Waals surface area (Å²) in [5.74, 6) is -0.138. The number of hydrogen-bond acceptors (Lipinski definition) is 5. The predicted octanol–water partition coefficient (Wildman–Crippen LogP) is 4.83. The Morgan fingerprint density at radius 2 is 2.04 bits per heavy atom. The Labute approximate surface area is 142 Å². The normalized spacial score (nSPS) is 11.3. The second-order valence-corrected chi connectivity index (χ2v) is 5.43. The number of nitrogens with one attached hydrogen (secondary N) is 1. The summed E-state index contributed by atoms with van der Waals surface area (Å²) in [7, 11) is 0. The predicted molar refractivity (Wildman–Crippen MR) is 91.7 cm³/mol. The molecule has 0 fully saturated rings. The van der Waals surface area contributed by atoms with Gasteiger partial charge in [-0.25, -0.2) is 0 Å². The molecule has 0 aliphatic carbocycles. The molecule has 0 amide bonds. The van der Waals surface area contributed by atoms with Crippen molar-refractivity contribution in [1.82, 2.24) is 0 Å². The van der Waals surface area contributed by atoms with E-state index in [4.69, 9.17) is 23.2 Å². The van der Waals surface area contributed by atoms with Gasteiger partial charge in [-0.1, -0.05) is 42.3 Å². The van der Waals surface area contributed by atoms with Crippen molar-refractivity contribution in [1.29, 1.82) is 0 Å². The first-order valence-corrected chi connectivity index (χ1v) is 7.44. The molecule has 0 saturated heterocycles. The third kappa shape index (κ3) is 3.91. The lowest BCUT2D eigenvalue weighted by Gasteiger charge is -2.10. The highest BCUT2D eigenvalue weighted by atomic mass is 35.5. The van der Waals surface area contributed by atoms with E-state index in [9.17, 15) is 15.2 Å². The average molecular weight is 354 g/mol. The highest BCUT2D eigenvalue weighted by Gasteiger charge is 2.15. The number of nitro benzene ring substituents is 1. The van der Waals surface area contributed by atoms with Gasteiger partial charge in [0, 0.05) is 16.7 Å². The second-order valence-electron chi connectivity index (χ2n) is 4.58.